The van der Waals surface area contributed by atoms with Crippen molar-refractivity contribution in [3.63, 3.8) is 0 Å². The van der Waals surface area contributed by atoms with E-state index in [1.165, 1.54) is 0 Å². The fourth-order valence-electron chi connectivity index (χ4n) is 3.48. The van der Waals surface area contributed by atoms with E-state index in [2.05, 4.69) is 10.5 Å². The van der Waals surface area contributed by atoms with E-state index in [4.69, 9.17) is 18.4 Å². The molecule has 1 spiro atoms. The summed E-state index contributed by atoms with van der Waals surface area (Å²) in [7, 11) is 0. The van der Waals surface area contributed by atoms with Crippen LogP contribution in [0.2, 0.25) is 0 Å². The molecule has 8 heteroatoms. The average molecular weight is 347 g/mol. The number of carbonyl (C=O) groups excluding carboxylic acids is 1. The van der Waals surface area contributed by atoms with Crippen molar-refractivity contribution in [3.05, 3.63) is 24.2 Å². The molecular weight excluding hydrogens is 326 g/mol. The number of hydrogen-bond acceptors (Lipinski definition) is 6. The van der Waals surface area contributed by atoms with Gasteiger partial charge < -0.3 is 23.3 Å². The Kier molecular flexibility index (Phi) is 4.01. The number of aromatic nitrogens is 1. The van der Waals surface area contributed by atoms with Crippen molar-refractivity contribution in [3.8, 4) is 11.3 Å². The lowest BCUT2D eigenvalue weighted by molar-refractivity contribution is -0.136. The van der Waals surface area contributed by atoms with E-state index in [0.717, 1.165) is 17.7 Å². The predicted molar refractivity (Wildman–Crippen MR) is 88.2 cm³/mol. The van der Waals surface area contributed by atoms with Gasteiger partial charge in [0.05, 0.1) is 31.1 Å². The number of ether oxygens (including phenoxy) is 2. The van der Waals surface area contributed by atoms with Crippen LogP contribution in [0.15, 0.2) is 27.3 Å². The van der Waals surface area contributed by atoms with Crippen molar-refractivity contribution in [2.24, 2.45) is 0 Å². The Morgan fingerprint density at radius 1 is 1.48 bits per heavy atom. The lowest BCUT2D eigenvalue weighted by atomic mass is 9.99. The summed E-state index contributed by atoms with van der Waals surface area (Å²) in [4.78, 5) is 14.4. The molecule has 2 saturated heterocycles. The number of furan rings is 1. The van der Waals surface area contributed by atoms with E-state index in [9.17, 15) is 4.79 Å². The molecule has 8 nitrogen and oxygen atoms in total. The first kappa shape index (κ1) is 16.2. The molecule has 134 valence electrons. The van der Waals surface area contributed by atoms with Crippen molar-refractivity contribution in [2.45, 2.75) is 32.0 Å². The zero-order chi connectivity index (χ0) is 17.4. The Morgan fingerprint density at radius 3 is 3.08 bits per heavy atom. The van der Waals surface area contributed by atoms with Gasteiger partial charge in [0.15, 0.2) is 11.6 Å². The summed E-state index contributed by atoms with van der Waals surface area (Å²) in [6, 6.07) is 3.27. The highest BCUT2D eigenvalue weighted by Gasteiger charge is 2.44. The van der Waals surface area contributed by atoms with Crippen LogP contribution in [0.1, 0.15) is 19.1 Å². The molecule has 2 aliphatic heterocycles. The normalized spacial score (nSPS) is 26.3. The molecule has 1 N–H and O–H groups in total. The first-order valence-corrected chi connectivity index (χ1v) is 8.37. The molecule has 25 heavy (non-hydrogen) atoms. The maximum Gasteiger partial charge on any atom is 0.323 e. The van der Waals surface area contributed by atoms with Crippen LogP contribution in [0.3, 0.4) is 0 Å². The number of urea groups is 1. The molecule has 0 radical (unpaired) electrons. The van der Waals surface area contributed by atoms with Crippen LogP contribution in [0.25, 0.3) is 11.3 Å². The number of hydrogen-bond donors (Lipinski definition) is 1. The minimum Gasteiger partial charge on any atom is -0.469 e. The van der Waals surface area contributed by atoms with Gasteiger partial charge in [0.1, 0.15) is 11.4 Å². The second-order valence-electron chi connectivity index (χ2n) is 6.69. The lowest BCUT2D eigenvalue weighted by Gasteiger charge is -2.42. The summed E-state index contributed by atoms with van der Waals surface area (Å²) in [5, 5.41) is 6.72. The number of rotatable bonds is 2. The van der Waals surface area contributed by atoms with Crippen molar-refractivity contribution in [1.82, 2.24) is 10.1 Å². The first-order chi connectivity index (χ1) is 12.0. The third-order valence-electron chi connectivity index (χ3n) is 4.63. The zero-order valence-electron chi connectivity index (χ0n) is 14.3. The van der Waals surface area contributed by atoms with Gasteiger partial charge in [-0.25, -0.2) is 4.79 Å². The maximum atomic E-state index is 12.6. The molecule has 2 amide bonds. The third kappa shape index (κ3) is 3.14. The van der Waals surface area contributed by atoms with Crippen LogP contribution in [0, 0.1) is 6.92 Å². The summed E-state index contributed by atoms with van der Waals surface area (Å²) < 4.78 is 22.1. The zero-order valence-corrected chi connectivity index (χ0v) is 14.3. The van der Waals surface area contributed by atoms with E-state index in [-0.39, 0.29) is 12.1 Å². The van der Waals surface area contributed by atoms with Crippen molar-refractivity contribution >= 4 is 11.8 Å². The summed E-state index contributed by atoms with van der Waals surface area (Å²) in [6.07, 6.45) is 2.35. The largest absolute Gasteiger partial charge is 0.469 e. The molecule has 4 heterocycles. The number of morpholine rings is 1. The molecule has 0 aliphatic carbocycles. The predicted octanol–water partition coefficient (Wildman–Crippen LogP) is 2.65. The summed E-state index contributed by atoms with van der Waals surface area (Å²) >= 11 is 0. The standard InChI is InChI=1S/C17H21N3O5/c1-11-8-20(9-17(24-11)4-6-22-10-17)16(21)18-15-7-14(25-19-15)13-3-5-23-12(13)2/h3,5,7,11H,4,6,8-10H2,1-2H3,(H,18,19,21)/t11-,17+/m1/s1. The Balaban J connectivity index is 1.45. The van der Waals surface area contributed by atoms with Gasteiger partial charge in [-0.1, -0.05) is 5.16 Å². The van der Waals surface area contributed by atoms with E-state index < -0.39 is 5.60 Å². The highest BCUT2D eigenvalue weighted by molar-refractivity contribution is 5.89. The van der Waals surface area contributed by atoms with Crippen LogP contribution in [-0.4, -0.2) is 54.1 Å². The van der Waals surface area contributed by atoms with Crippen molar-refractivity contribution < 1.29 is 23.2 Å². The lowest BCUT2D eigenvalue weighted by Crippen LogP contribution is -2.57. The smallest absolute Gasteiger partial charge is 0.323 e. The molecule has 2 aromatic heterocycles. The summed E-state index contributed by atoms with van der Waals surface area (Å²) in [6.45, 7) is 6.03. The number of nitrogens with one attached hydrogen (secondary N) is 1. The van der Waals surface area contributed by atoms with Gasteiger partial charge >= 0.3 is 6.03 Å². The highest BCUT2D eigenvalue weighted by Crippen LogP contribution is 2.31. The fraction of sp³-hybridized carbons (Fsp3) is 0.529. The molecular formula is C17H21N3O5. The maximum absolute atomic E-state index is 12.6. The Morgan fingerprint density at radius 2 is 2.36 bits per heavy atom. The molecule has 0 unspecified atom stereocenters. The van der Waals surface area contributed by atoms with E-state index in [1.54, 1.807) is 23.3 Å². The SMILES string of the molecule is Cc1occc1-c1cc(NC(=O)N2C[C@@H](C)O[C@@]3(CCOC3)C2)no1. The van der Waals surface area contributed by atoms with E-state index in [1.807, 2.05) is 13.8 Å². The summed E-state index contributed by atoms with van der Waals surface area (Å²) in [5.41, 5.74) is 0.424. The average Bonchev–Trinajstić information content (AvgIpc) is 3.29. The molecule has 2 aliphatic rings. The van der Waals surface area contributed by atoms with Gasteiger partial charge in [-0.2, -0.15) is 0 Å². The number of carbonyl (C=O) groups is 1. The van der Waals surface area contributed by atoms with Crippen LogP contribution in [-0.2, 0) is 9.47 Å². The number of nitrogens with zero attached hydrogens (tertiary/aromatic N) is 2. The fourth-order valence-corrected chi connectivity index (χ4v) is 3.48. The van der Waals surface area contributed by atoms with Crippen LogP contribution in [0.5, 0.6) is 0 Å². The Labute approximate surface area is 145 Å². The second-order valence-corrected chi connectivity index (χ2v) is 6.69. The third-order valence-corrected chi connectivity index (χ3v) is 4.63. The summed E-state index contributed by atoms with van der Waals surface area (Å²) in [5.74, 6) is 1.66. The van der Waals surface area contributed by atoms with Gasteiger partial charge in [-0.3, -0.25) is 5.32 Å². The second kappa shape index (κ2) is 6.20. The van der Waals surface area contributed by atoms with Gasteiger partial charge in [0.25, 0.3) is 0 Å². The van der Waals surface area contributed by atoms with Gasteiger partial charge in [0.2, 0.25) is 0 Å². The molecule has 2 atom stereocenters. The van der Waals surface area contributed by atoms with Gasteiger partial charge in [0, 0.05) is 25.6 Å². The quantitative estimate of drug-likeness (QED) is 0.898. The molecule has 4 rings (SSSR count). The highest BCUT2D eigenvalue weighted by atomic mass is 16.6. The first-order valence-electron chi connectivity index (χ1n) is 8.37. The van der Waals surface area contributed by atoms with Gasteiger partial charge in [-0.15, -0.1) is 0 Å². The van der Waals surface area contributed by atoms with Crippen molar-refractivity contribution in [1.29, 1.82) is 0 Å². The number of anilines is 1. The topological polar surface area (TPSA) is 90.0 Å². The Bertz CT molecular complexity index is 762. The minimum absolute atomic E-state index is 0.0392. The van der Waals surface area contributed by atoms with Crippen LogP contribution in [0.4, 0.5) is 10.6 Å². The van der Waals surface area contributed by atoms with Crippen LogP contribution < -0.4 is 5.32 Å². The molecule has 2 aromatic rings. The van der Waals surface area contributed by atoms with Crippen molar-refractivity contribution in [2.75, 3.05) is 31.6 Å². The molecule has 0 bridgehead atoms. The van der Waals surface area contributed by atoms with Gasteiger partial charge in [-0.05, 0) is 19.9 Å². The number of amides is 2. The van der Waals surface area contributed by atoms with Crippen LogP contribution >= 0.6 is 0 Å². The van der Waals surface area contributed by atoms with E-state index >= 15 is 0 Å². The van der Waals surface area contributed by atoms with E-state index in [0.29, 0.717) is 37.9 Å². The number of aryl methyl sites for hydroxylation is 1. The molecule has 2 fully saturated rings. The minimum atomic E-state index is -0.391. The monoisotopic (exact) mass is 347 g/mol. The molecule has 0 aromatic carbocycles. The molecule has 0 saturated carbocycles. The Hall–Kier alpha value is -2.32.